The Labute approximate surface area is 101 Å². The molecule has 0 radical (unpaired) electrons. The highest BCUT2D eigenvalue weighted by Gasteiger charge is 2.06. The molecule has 2 N–H and O–H groups in total. The molecule has 0 unspecified atom stereocenters. The molecule has 1 atom stereocenters. The summed E-state index contributed by atoms with van der Waals surface area (Å²) in [5, 5.41) is 8.35. The average Bonchev–Trinajstić information content (AvgIpc) is 2.30. The van der Waals surface area contributed by atoms with Crippen LogP contribution in [0.2, 0.25) is 0 Å². The molecule has 1 aromatic carbocycles. The minimum atomic E-state index is -0.389. The van der Waals surface area contributed by atoms with E-state index in [1.807, 2.05) is 0 Å². The third-order valence-electron chi connectivity index (χ3n) is 2.42. The van der Waals surface area contributed by atoms with Gasteiger partial charge in [0, 0.05) is 12.5 Å². The van der Waals surface area contributed by atoms with Crippen LogP contribution in [0.1, 0.15) is 37.8 Å². The maximum Gasteiger partial charge on any atom is 0.165 e. The van der Waals surface area contributed by atoms with Crippen molar-refractivity contribution >= 4 is 0 Å². The van der Waals surface area contributed by atoms with E-state index in [0.29, 0.717) is 13.0 Å². The molecular formula is C13H17FN2O. The Morgan fingerprint density at radius 3 is 2.82 bits per heavy atom. The van der Waals surface area contributed by atoms with E-state index in [9.17, 15) is 4.39 Å². The molecular weight excluding hydrogens is 219 g/mol. The molecule has 0 bridgehead atoms. The Kier molecular flexibility index (Phi) is 5.44. The second-order valence-electron chi connectivity index (χ2n) is 3.94. The number of hydrogen-bond acceptors (Lipinski definition) is 3. The highest BCUT2D eigenvalue weighted by atomic mass is 19.1. The van der Waals surface area contributed by atoms with Gasteiger partial charge in [-0.1, -0.05) is 6.07 Å². The van der Waals surface area contributed by atoms with Gasteiger partial charge in [0.2, 0.25) is 0 Å². The molecule has 0 aliphatic heterocycles. The monoisotopic (exact) mass is 236 g/mol. The lowest BCUT2D eigenvalue weighted by molar-refractivity contribution is 0.292. The van der Waals surface area contributed by atoms with Crippen molar-refractivity contribution in [2.45, 2.75) is 32.2 Å². The van der Waals surface area contributed by atoms with Gasteiger partial charge in [0.25, 0.3) is 0 Å². The van der Waals surface area contributed by atoms with Crippen LogP contribution >= 0.6 is 0 Å². The van der Waals surface area contributed by atoms with Crippen LogP contribution in [0.15, 0.2) is 18.2 Å². The van der Waals surface area contributed by atoms with Crippen molar-refractivity contribution in [2.75, 3.05) is 6.61 Å². The Bertz CT molecular complexity index is 399. The standard InChI is InChI=1S/C13H17FN2O/c1-10(16)11-5-6-13(12(14)9-11)17-8-4-2-3-7-15/h5-6,9-10H,2-4,8,16H2,1H3/t10-/m0/s1. The quantitative estimate of drug-likeness (QED) is 0.772. The number of nitrogens with zero attached hydrogens (tertiary/aromatic N) is 1. The highest BCUT2D eigenvalue weighted by molar-refractivity contribution is 5.30. The van der Waals surface area contributed by atoms with Gasteiger partial charge < -0.3 is 10.5 Å². The van der Waals surface area contributed by atoms with E-state index in [1.165, 1.54) is 6.07 Å². The van der Waals surface area contributed by atoms with Crippen LogP contribution in [-0.2, 0) is 0 Å². The number of unbranched alkanes of at least 4 members (excludes halogenated alkanes) is 2. The molecule has 0 heterocycles. The second kappa shape index (κ2) is 6.87. The number of nitrogens with two attached hydrogens (primary N) is 1. The van der Waals surface area contributed by atoms with E-state index < -0.39 is 0 Å². The minimum absolute atomic E-state index is 0.186. The van der Waals surface area contributed by atoms with Gasteiger partial charge >= 0.3 is 0 Å². The zero-order valence-electron chi connectivity index (χ0n) is 9.95. The van der Waals surface area contributed by atoms with E-state index in [0.717, 1.165) is 18.4 Å². The fourth-order valence-corrected chi connectivity index (χ4v) is 1.41. The maximum absolute atomic E-state index is 13.6. The van der Waals surface area contributed by atoms with Crippen molar-refractivity contribution in [1.29, 1.82) is 5.26 Å². The van der Waals surface area contributed by atoms with E-state index in [1.54, 1.807) is 19.1 Å². The first kappa shape index (κ1) is 13.5. The predicted octanol–water partition coefficient (Wildman–Crippen LogP) is 2.92. The third kappa shape index (κ3) is 4.41. The first-order valence-electron chi connectivity index (χ1n) is 5.70. The van der Waals surface area contributed by atoms with Gasteiger partial charge in [-0.2, -0.15) is 5.26 Å². The molecule has 0 amide bonds. The lowest BCUT2D eigenvalue weighted by Gasteiger charge is -2.10. The van der Waals surface area contributed by atoms with Crippen molar-refractivity contribution in [3.05, 3.63) is 29.6 Å². The van der Waals surface area contributed by atoms with Crippen LogP contribution in [0.3, 0.4) is 0 Å². The summed E-state index contributed by atoms with van der Waals surface area (Å²) in [6.07, 6.45) is 2.04. The summed E-state index contributed by atoms with van der Waals surface area (Å²) in [5.74, 6) is -0.147. The Morgan fingerprint density at radius 2 is 2.24 bits per heavy atom. The Morgan fingerprint density at radius 1 is 1.47 bits per heavy atom. The molecule has 17 heavy (non-hydrogen) atoms. The summed E-state index contributed by atoms with van der Waals surface area (Å²) in [5.41, 5.74) is 6.40. The summed E-state index contributed by atoms with van der Waals surface area (Å²) in [7, 11) is 0. The van der Waals surface area contributed by atoms with Crippen LogP contribution in [0.4, 0.5) is 4.39 Å². The van der Waals surface area contributed by atoms with Crippen molar-refractivity contribution < 1.29 is 9.13 Å². The van der Waals surface area contributed by atoms with Crippen LogP contribution in [0.25, 0.3) is 0 Å². The van der Waals surface area contributed by atoms with Crippen LogP contribution < -0.4 is 10.5 Å². The van der Waals surface area contributed by atoms with Crippen molar-refractivity contribution in [2.24, 2.45) is 5.73 Å². The van der Waals surface area contributed by atoms with Crippen molar-refractivity contribution in [1.82, 2.24) is 0 Å². The van der Waals surface area contributed by atoms with E-state index >= 15 is 0 Å². The molecule has 1 rings (SSSR count). The molecule has 0 saturated heterocycles. The van der Waals surface area contributed by atoms with Crippen LogP contribution in [0.5, 0.6) is 5.75 Å². The normalized spacial score (nSPS) is 11.9. The smallest absolute Gasteiger partial charge is 0.165 e. The molecule has 0 aliphatic carbocycles. The zero-order chi connectivity index (χ0) is 12.7. The predicted molar refractivity (Wildman–Crippen MR) is 64.0 cm³/mol. The van der Waals surface area contributed by atoms with Gasteiger partial charge in [-0.25, -0.2) is 4.39 Å². The number of rotatable bonds is 6. The van der Waals surface area contributed by atoms with Gasteiger partial charge in [0.1, 0.15) is 0 Å². The van der Waals surface area contributed by atoms with Crippen LogP contribution in [-0.4, -0.2) is 6.61 Å². The number of hydrogen-bond donors (Lipinski definition) is 1. The summed E-state index contributed by atoms with van der Waals surface area (Å²) < 4.78 is 18.8. The highest BCUT2D eigenvalue weighted by Crippen LogP contribution is 2.21. The molecule has 0 aliphatic rings. The Balaban J connectivity index is 2.47. The number of ether oxygens (including phenoxy) is 1. The minimum Gasteiger partial charge on any atom is -0.491 e. The second-order valence-corrected chi connectivity index (χ2v) is 3.94. The van der Waals surface area contributed by atoms with Gasteiger partial charge in [0.15, 0.2) is 11.6 Å². The third-order valence-corrected chi connectivity index (χ3v) is 2.42. The molecule has 0 aromatic heterocycles. The largest absolute Gasteiger partial charge is 0.491 e. The summed E-state index contributed by atoms with van der Waals surface area (Å²) in [6.45, 7) is 2.23. The van der Waals surface area contributed by atoms with E-state index in [4.69, 9.17) is 15.7 Å². The Hall–Kier alpha value is -1.60. The molecule has 92 valence electrons. The number of halogens is 1. The number of nitriles is 1. The first-order chi connectivity index (χ1) is 8.15. The molecule has 0 saturated carbocycles. The summed E-state index contributed by atoms with van der Waals surface area (Å²) in [6, 6.07) is 6.62. The molecule has 0 spiro atoms. The maximum atomic E-state index is 13.6. The van der Waals surface area contributed by atoms with E-state index in [-0.39, 0.29) is 17.6 Å². The van der Waals surface area contributed by atoms with Gasteiger partial charge in [0.05, 0.1) is 12.7 Å². The average molecular weight is 236 g/mol. The van der Waals surface area contributed by atoms with Crippen molar-refractivity contribution in [3.8, 4) is 11.8 Å². The van der Waals surface area contributed by atoms with Gasteiger partial charge in [-0.05, 0) is 37.5 Å². The lowest BCUT2D eigenvalue weighted by Crippen LogP contribution is -2.06. The molecule has 1 aromatic rings. The first-order valence-corrected chi connectivity index (χ1v) is 5.70. The van der Waals surface area contributed by atoms with Gasteiger partial charge in [-0.3, -0.25) is 0 Å². The van der Waals surface area contributed by atoms with E-state index in [2.05, 4.69) is 6.07 Å². The van der Waals surface area contributed by atoms with Gasteiger partial charge in [-0.15, -0.1) is 0 Å². The molecule has 4 heteroatoms. The topological polar surface area (TPSA) is 59.0 Å². The summed E-state index contributed by atoms with van der Waals surface area (Å²) >= 11 is 0. The zero-order valence-corrected chi connectivity index (χ0v) is 9.95. The van der Waals surface area contributed by atoms with Crippen molar-refractivity contribution in [3.63, 3.8) is 0 Å². The lowest BCUT2D eigenvalue weighted by atomic mass is 10.1. The van der Waals surface area contributed by atoms with Crippen LogP contribution in [0, 0.1) is 17.1 Å². The summed E-state index contributed by atoms with van der Waals surface area (Å²) in [4.78, 5) is 0. The molecule has 0 fully saturated rings. The SMILES string of the molecule is C[C@H](N)c1ccc(OCCCCC#N)c(F)c1. The fourth-order valence-electron chi connectivity index (χ4n) is 1.41. The fraction of sp³-hybridized carbons (Fsp3) is 0.462. The number of benzene rings is 1. The molecule has 3 nitrogen and oxygen atoms in total.